The minimum absolute atomic E-state index is 0.253. The smallest absolute Gasteiger partial charge is 0.148 e. The first kappa shape index (κ1) is 13.4. The molecule has 2 N–H and O–H groups in total. The van der Waals surface area contributed by atoms with Crippen LogP contribution in [0.3, 0.4) is 0 Å². The maximum atomic E-state index is 9.99. The van der Waals surface area contributed by atoms with Gasteiger partial charge in [-0.25, -0.2) is 0 Å². The van der Waals surface area contributed by atoms with Crippen LogP contribution in [-0.4, -0.2) is 27.5 Å². The zero-order valence-electron chi connectivity index (χ0n) is 11.5. The van der Waals surface area contributed by atoms with Gasteiger partial charge in [-0.15, -0.1) is 0 Å². The van der Waals surface area contributed by atoms with Crippen LogP contribution >= 0.6 is 0 Å². The predicted octanol–water partition coefficient (Wildman–Crippen LogP) is 2.82. The Labute approximate surface area is 109 Å². The fourth-order valence-electron chi connectivity index (χ4n) is 2.66. The SMILES string of the molecule is CC(C)n1ccc(NCC(O)CC2CCCC2)n1. The lowest BCUT2D eigenvalue weighted by atomic mass is 10.0. The first-order chi connectivity index (χ1) is 8.65. The number of hydrogen-bond donors (Lipinski definition) is 2. The maximum absolute atomic E-state index is 9.99. The molecule has 1 heterocycles. The summed E-state index contributed by atoms with van der Waals surface area (Å²) in [6, 6.07) is 2.34. The van der Waals surface area contributed by atoms with E-state index in [0.717, 1.165) is 18.2 Å². The Hall–Kier alpha value is -1.03. The fraction of sp³-hybridized carbons (Fsp3) is 0.786. The number of hydrogen-bond acceptors (Lipinski definition) is 3. The summed E-state index contributed by atoms with van der Waals surface area (Å²) in [4.78, 5) is 0. The van der Waals surface area contributed by atoms with E-state index in [2.05, 4.69) is 24.3 Å². The quantitative estimate of drug-likeness (QED) is 0.817. The summed E-state index contributed by atoms with van der Waals surface area (Å²) in [5.41, 5.74) is 0. The molecule has 1 unspecified atom stereocenters. The fourth-order valence-corrected chi connectivity index (χ4v) is 2.66. The minimum atomic E-state index is -0.253. The van der Waals surface area contributed by atoms with Crippen LogP contribution in [0.4, 0.5) is 5.82 Å². The number of aromatic nitrogens is 2. The minimum Gasteiger partial charge on any atom is -0.391 e. The van der Waals surface area contributed by atoms with Crippen LogP contribution in [0.5, 0.6) is 0 Å². The summed E-state index contributed by atoms with van der Waals surface area (Å²) in [6.45, 7) is 4.81. The van der Waals surface area contributed by atoms with Crippen LogP contribution in [0.25, 0.3) is 0 Å². The van der Waals surface area contributed by atoms with E-state index in [0.29, 0.717) is 12.6 Å². The van der Waals surface area contributed by atoms with Crippen LogP contribution in [0.15, 0.2) is 12.3 Å². The second-order valence-electron chi connectivity index (χ2n) is 5.70. The van der Waals surface area contributed by atoms with Crippen LogP contribution in [-0.2, 0) is 0 Å². The molecular weight excluding hydrogens is 226 g/mol. The number of nitrogens with zero attached hydrogens (tertiary/aromatic N) is 2. The molecule has 1 saturated carbocycles. The van der Waals surface area contributed by atoms with E-state index in [-0.39, 0.29) is 6.10 Å². The third kappa shape index (κ3) is 3.73. The number of anilines is 1. The van der Waals surface area contributed by atoms with Crippen molar-refractivity contribution in [2.24, 2.45) is 5.92 Å². The van der Waals surface area contributed by atoms with Crippen LogP contribution in [0, 0.1) is 5.92 Å². The summed E-state index contributed by atoms with van der Waals surface area (Å²) in [5, 5.41) is 17.6. The zero-order valence-corrected chi connectivity index (χ0v) is 11.5. The molecule has 0 amide bonds. The molecule has 0 aliphatic heterocycles. The summed E-state index contributed by atoms with van der Waals surface area (Å²) < 4.78 is 1.92. The van der Waals surface area contributed by atoms with Crippen LogP contribution < -0.4 is 5.32 Å². The van der Waals surface area contributed by atoms with Crippen molar-refractivity contribution in [3.8, 4) is 0 Å². The molecule has 1 fully saturated rings. The Kier molecular flexibility index (Phi) is 4.64. The average Bonchev–Trinajstić information content (AvgIpc) is 2.96. The molecule has 1 atom stereocenters. The molecule has 0 spiro atoms. The molecule has 1 aromatic heterocycles. The van der Waals surface area contributed by atoms with Gasteiger partial charge >= 0.3 is 0 Å². The van der Waals surface area contributed by atoms with E-state index in [4.69, 9.17) is 0 Å². The lowest BCUT2D eigenvalue weighted by Crippen LogP contribution is -2.22. The molecule has 18 heavy (non-hydrogen) atoms. The highest BCUT2D eigenvalue weighted by Gasteiger charge is 2.18. The van der Waals surface area contributed by atoms with Gasteiger partial charge in [0, 0.05) is 24.8 Å². The van der Waals surface area contributed by atoms with E-state index < -0.39 is 0 Å². The van der Waals surface area contributed by atoms with Gasteiger partial charge in [0.15, 0.2) is 0 Å². The summed E-state index contributed by atoms with van der Waals surface area (Å²) in [7, 11) is 0. The van der Waals surface area contributed by atoms with Gasteiger partial charge in [0.05, 0.1) is 6.10 Å². The zero-order chi connectivity index (χ0) is 13.0. The first-order valence-electron chi connectivity index (χ1n) is 7.12. The molecule has 4 nitrogen and oxygen atoms in total. The van der Waals surface area contributed by atoms with Crippen molar-refractivity contribution in [3.63, 3.8) is 0 Å². The topological polar surface area (TPSA) is 50.1 Å². The van der Waals surface area contributed by atoms with E-state index in [1.54, 1.807) is 0 Å². The van der Waals surface area contributed by atoms with Gasteiger partial charge in [-0.2, -0.15) is 5.10 Å². The van der Waals surface area contributed by atoms with E-state index in [9.17, 15) is 5.11 Å². The molecule has 1 aliphatic carbocycles. The average molecular weight is 251 g/mol. The van der Waals surface area contributed by atoms with Crippen LogP contribution in [0.1, 0.15) is 52.0 Å². The molecule has 2 rings (SSSR count). The van der Waals surface area contributed by atoms with Crippen molar-refractivity contribution in [1.29, 1.82) is 0 Å². The van der Waals surface area contributed by atoms with Gasteiger partial charge in [-0.1, -0.05) is 25.7 Å². The van der Waals surface area contributed by atoms with Crippen molar-refractivity contribution in [1.82, 2.24) is 9.78 Å². The second kappa shape index (κ2) is 6.23. The molecule has 0 radical (unpaired) electrons. The highest BCUT2D eigenvalue weighted by atomic mass is 16.3. The normalized spacial score (nSPS) is 18.4. The molecule has 4 heteroatoms. The van der Waals surface area contributed by atoms with Gasteiger partial charge < -0.3 is 10.4 Å². The van der Waals surface area contributed by atoms with E-state index >= 15 is 0 Å². The standard InChI is InChI=1S/C14H25N3O/c1-11(2)17-8-7-14(16-17)15-10-13(18)9-12-5-3-4-6-12/h7-8,11-13,18H,3-6,9-10H2,1-2H3,(H,15,16). The molecule has 1 aromatic rings. The van der Waals surface area contributed by atoms with Crippen molar-refractivity contribution < 1.29 is 5.11 Å². The van der Waals surface area contributed by atoms with Gasteiger partial charge in [-0.3, -0.25) is 4.68 Å². The van der Waals surface area contributed by atoms with Gasteiger partial charge in [-0.05, 0) is 26.2 Å². The third-order valence-electron chi connectivity index (χ3n) is 3.74. The number of aliphatic hydroxyl groups excluding tert-OH is 1. The van der Waals surface area contributed by atoms with Crippen LogP contribution in [0.2, 0.25) is 0 Å². The Morgan fingerprint density at radius 1 is 1.44 bits per heavy atom. The Balaban J connectivity index is 1.72. The Morgan fingerprint density at radius 3 is 2.78 bits per heavy atom. The van der Waals surface area contributed by atoms with Gasteiger partial charge in [0.25, 0.3) is 0 Å². The number of rotatable bonds is 6. The van der Waals surface area contributed by atoms with E-state index in [1.165, 1.54) is 25.7 Å². The Morgan fingerprint density at radius 2 is 2.17 bits per heavy atom. The lowest BCUT2D eigenvalue weighted by molar-refractivity contribution is 0.155. The van der Waals surface area contributed by atoms with Gasteiger partial charge in [0.2, 0.25) is 0 Å². The predicted molar refractivity (Wildman–Crippen MR) is 73.7 cm³/mol. The number of aliphatic hydroxyl groups is 1. The molecule has 0 bridgehead atoms. The third-order valence-corrected chi connectivity index (χ3v) is 3.74. The molecule has 102 valence electrons. The monoisotopic (exact) mass is 251 g/mol. The largest absolute Gasteiger partial charge is 0.391 e. The second-order valence-corrected chi connectivity index (χ2v) is 5.70. The van der Waals surface area contributed by atoms with Crippen molar-refractivity contribution in [2.75, 3.05) is 11.9 Å². The first-order valence-corrected chi connectivity index (χ1v) is 7.12. The number of nitrogens with one attached hydrogen (secondary N) is 1. The summed E-state index contributed by atoms with van der Waals surface area (Å²) in [5.74, 6) is 1.59. The van der Waals surface area contributed by atoms with Crippen molar-refractivity contribution >= 4 is 5.82 Å². The molecule has 1 aliphatic rings. The van der Waals surface area contributed by atoms with Gasteiger partial charge in [0.1, 0.15) is 5.82 Å². The van der Waals surface area contributed by atoms with Crippen molar-refractivity contribution in [2.45, 2.75) is 58.1 Å². The lowest BCUT2D eigenvalue weighted by Gasteiger charge is -2.15. The summed E-state index contributed by atoms with van der Waals surface area (Å²) in [6.07, 6.45) is 7.90. The Bertz CT molecular complexity index is 356. The van der Waals surface area contributed by atoms with E-state index in [1.807, 2.05) is 16.9 Å². The summed E-state index contributed by atoms with van der Waals surface area (Å²) >= 11 is 0. The highest BCUT2D eigenvalue weighted by Crippen LogP contribution is 2.28. The van der Waals surface area contributed by atoms with Crippen molar-refractivity contribution in [3.05, 3.63) is 12.3 Å². The molecular formula is C14H25N3O. The molecule has 0 aromatic carbocycles. The maximum Gasteiger partial charge on any atom is 0.148 e. The highest BCUT2D eigenvalue weighted by molar-refractivity contribution is 5.32. The molecule has 0 saturated heterocycles.